The first kappa shape index (κ1) is 16.6. The van der Waals surface area contributed by atoms with Crippen LogP contribution in [0.5, 0.6) is 0 Å². The summed E-state index contributed by atoms with van der Waals surface area (Å²) in [7, 11) is 0. The van der Waals surface area contributed by atoms with E-state index < -0.39 is 0 Å². The molecule has 1 atom stereocenters. The highest BCUT2D eigenvalue weighted by molar-refractivity contribution is 6.31. The SMILES string of the molecule is CCC1COCCN1c1cccc(Cl)c1CNCC(C)C. The van der Waals surface area contributed by atoms with E-state index in [2.05, 4.69) is 37.1 Å². The molecule has 0 spiro atoms. The van der Waals surface area contributed by atoms with Gasteiger partial charge in [-0.1, -0.05) is 38.4 Å². The molecule has 21 heavy (non-hydrogen) atoms. The molecule has 4 heteroatoms. The van der Waals surface area contributed by atoms with Gasteiger partial charge in [0.05, 0.1) is 19.3 Å². The third-order valence-electron chi connectivity index (χ3n) is 3.96. The number of anilines is 1. The third-order valence-corrected chi connectivity index (χ3v) is 4.31. The van der Waals surface area contributed by atoms with E-state index in [4.69, 9.17) is 16.3 Å². The third kappa shape index (κ3) is 4.35. The van der Waals surface area contributed by atoms with Crippen molar-refractivity contribution >= 4 is 17.3 Å². The van der Waals surface area contributed by atoms with Gasteiger partial charge in [-0.25, -0.2) is 0 Å². The second-order valence-electron chi connectivity index (χ2n) is 6.09. The highest BCUT2D eigenvalue weighted by Crippen LogP contribution is 2.30. The fourth-order valence-electron chi connectivity index (χ4n) is 2.79. The monoisotopic (exact) mass is 310 g/mol. The summed E-state index contributed by atoms with van der Waals surface area (Å²) in [5.74, 6) is 0.641. The maximum absolute atomic E-state index is 6.46. The van der Waals surface area contributed by atoms with E-state index in [0.717, 1.165) is 44.3 Å². The van der Waals surface area contributed by atoms with Crippen molar-refractivity contribution in [2.75, 3.05) is 31.2 Å². The highest BCUT2D eigenvalue weighted by Gasteiger charge is 2.24. The zero-order valence-corrected chi connectivity index (χ0v) is 14.1. The van der Waals surface area contributed by atoms with Crippen molar-refractivity contribution in [3.63, 3.8) is 0 Å². The van der Waals surface area contributed by atoms with Gasteiger partial charge < -0.3 is 15.0 Å². The zero-order valence-electron chi connectivity index (χ0n) is 13.4. The van der Waals surface area contributed by atoms with Gasteiger partial charge in [-0.05, 0) is 31.0 Å². The van der Waals surface area contributed by atoms with Gasteiger partial charge in [-0.15, -0.1) is 0 Å². The maximum Gasteiger partial charge on any atom is 0.0670 e. The Bertz CT molecular complexity index is 450. The molecule has 1 fully saturated rings. The average molecular weight is 311 g/mol. The van der Waals surface area contributed by atoms with Crippen LogP contribution in [-0.2, 0) is 11.3 Å². The van der Waals surface area contributed by atoms with Gasteiger partial charge >= 0.3 is 0 Å². The minimum atomic E-state index is 0.445. The molecule has 118 valence electrons. The summed E-state index contributed by atoms with van der Waals surface area (Å²) in [4.78, 5) is 2.46. The van der Waals surface area contributed by atoms with Gasteiger partial charge in [0.25, 0.3) is 0 Å². The molecule has 0 aromatic heterocycles. The molecule has 0 radical (unpaired) electrons. The molecule has 0 bridgehead atoms. The number of rotatable bonds is 6. The lowest BCUT2D eigenvalue weighted by molar-refractivity contribution is 0.0929. The fourth-order valence-corrected chi connectivity index (χ4v) is 3.02. The maximum atomic E-state index is 6.46. The minimum absolute atomic E-state index is 0.445. The van der Waals surface area contributed by atoms with Gasteiger partial charge in [0.1, 0.15) is 0 Å². The Kier molecular flexibility index (Phi) is 6.34. The first-order valence-electron chi connectivity index (χ1n) is 7.96. The lowest BCUT2D eigenvalue weighted by atomic mass is 10.1. The summed E-state index contributed by atoms with van der Waals surface area (Å²) < 4.78 is 5.62. The molecule has 2 rings (SSSR count). The molecule has 1 aromatic carbocycles. The van der Waals surface area contributed by atoms with Crippen LogP contribution in [0.2, 0.25) is 5.02 Å². The lowest BCUT2D eigenvalue weighted by Crippen LogP contribution is -2.45. The number of nitrogens with zero attached hydrogens (tertiary/aromatic N) is 1. The molecule has 1 heterocycles. The number of morpholine rings is 1. The van der Waals surface area contributed by atoms with Gasteiger partial charge in [-0.2, -0.15) is 0 Å². The molecule has 1 unspecified atom stereocenters. The van der Waals surface area contributed by atoms with E-state index >= 15 is 0 Å². The Morgan fingerprint density at radius 1 is 1.43 bits per heavy atom. The molecule has 1 aromatic rings. The summed E-state index contributed by atoms with van der Waals surface area (Å²) in [6, 6.07) is 6.66. The number of halogens is 1. The normalized spacial score (nSPS) is 19.3. The summed E-state index contributed by atoms with van der Waals surface area (Å²) in [6.45, 7) is 11.0. The summed E-state index contributed by atoms with van der Waals surface area (Å²) in [6.07, 6.45) is 1.09. The van der Waals surface area contributed by atoms with Crippen molar-refractivity contribution in [1.29, 1.82) is 0 Å². The van der Waals surface area contributed by atoms with Crippen LogP contribution in [0.25, 0.3) is 0 Å². The molecule has 1 saturated heterocycles. The summed E-state index contributed by atoms with van der Waals surface area (Å²) >= 11 is 6.46. The zero-order chi connectivity index (χ0) is 15.2. The van der Waals surface area contributed by atoms with Crippen molar-refractivity contribution in [3.05, 3.63) is 28.8 Å². The van der Waals surface area contributed by atoms with Crippen LogP contribution in [-0.4, -0.2) is 32.3 Å². The Labute approximate surface area is 133 Å². The molecule has 0 aliphatic carbocycles. The molecule has 0 amide bonds. The van der Waals surface area contributed by atoms with E-state index in [-0.39, 0.29) is 0 Å². The Balaban J connectivity index is 2.19. The summed E-state index contributed by atoms with van der Waals surface area (Å²) in [5.41, 5.74) is 2.47. The molecule has 1 aliphatic heterocycles. The second kappa shape index (κ2) is 8.02. The quantitative estimate of drug-likeness (QED) is 0.867. The highest BCUT2D eigenvalue weighted by atomic mass is 35.5. The number of nitrogens with one attached hydrogen (secondary N) is 1. The van der Waals surface area contributed by atoms with Crippen LogP contribution in [0.15, 0.2) is 18.2 Å². The van der Waals surface area contributed by atoms with Crippen LogP contribution in [0, 0.1) is 5.92 Å². The average Bonchev–Trinajstić information content (AvgIpc) is 2.48. The van der Waals surface area contributed by atoms with E-state index in [1.54, 1.807) is 0 Å². The van der Waals surface area contributed by atoms with Crippen molar-refractivity contribution < 1.29 is 4.74 Å². The summed E-state index contributed by atoms with van der Waals surface area (Å²) in [5, 5.41) is 4.36. The molecular formula is C17H27ClN2O. The van der Waals surface area contributed by atoms with E-state index in [1.807, 2.05) is 12.1 Å². The van der Waals surface area contributed by atoms with Crippen LogP contribution in [0.4, 0.5) is 5.69 Å². The molecular weight excluding hydrogens is 284 g/mol. The first-order chi connectivity index (χ1) is 10.1. The second-order valence-corrected chi connectivity index (χ2v) is 6.50. The van der Waals surface area contributed by atoms with Crippen molar-refractivity contribution in [3.8, 4) is 0 Å². The Morgan fingerprint density at radius 3 is 2.95 bits per heavy atom. The topological polar surface area (TPSA) is 24.5 Å². The fraction of sp³-hybridized carbons (Fsp3) is 0.647. The standard InChI is InChI=1S/C17H27ClN2O/c1-4-14-12-21-9-8-20(14)17-7-5-6-16(18)15(17)11-19-10-13(2)3/h5-7,13-14,19H,4,8-12H2,1-3H3. The van der Waals surface area contributed by atoms with E-state index in [9.17, 15) is 0 Å². The van der Waals surface area contributed by atoms with Gasteiger partial charge in [0.15, 0.2) is 0 Å². The predicted octanol–water partition coefficient (Wildman–Crippen LogP) is 3.70. The van der Waals surface area contributed by atoms with Gasteiger partial charge in [0.2, 0.25) is 0 Å². The van der Waals surface area contributed by atoms with Crippen LogP contribution >= 0.6 is 11.6 Å². The van der Waals surface area contributed by atoms with Crippen molar-refractivity contribution in [2.45, 2.75) is 39.8 Å². The Hall–Kier alpha value is -0.770. The molecule has 3 nitrogen and oxygen atoms in total. The van der Waals surface area contributed by atoms with Crippen LogP contribution in [0.3, 0.4) is 0 Å². The number of ether oxygens (including phenoxy) is 1. The van der Waals surface area contributed by atoms with Crippen molar-refractivity contribution in [2.24, 2.45) is 5.92 Å². The Morgan fingerprint density at radius 2 is 2.24 bits per heavy atom. The minimum Gasteiger partial charge on any atom is -0.377 e. The first-order valence-corrected chi connectivity index (χ1v) is 8.33. The van der Waals surface area contributed by atoms with E-state index in [1.165, 1.54) is 11.3 Å². The largest absolute Gasteiger partial charge is 0.377 e. The van der Waals surface area contributed by atoms with Crippen LogP contribution in [0.1, 0.15) is 32.8 Å². The molecule has 0 saturated carbocycles. The predicted molar refractivity (Wildman–Crippen MR) is 90.2 cm³/mol. The lowest BCUT2D eigenvalue weighted by Gasteiger charge is -2.38. The number of hydrogen-bond donors (Lipinski definition) is 1. The van der Waals surface area contributed by atoms with Crippen LogP contribution < -0.4 is 10.2 Å². The number of hydrogen-bond acceptors (Lipinski definition) is 3. The van der Waals surface area contributed by atoms with Gasteiger partial charge in [-0.3, -0.25) is 0 Å². The van der Waals surface area contributed by atoms with E-state index in [0.29, 0.717) is 12.0 Å². The van der Waals surface area contributed by atoms with Crippen molar-refractivity contribution in [1.82, 2.24) is 5.32 Å². The van der Waals surface area contributed by atoms with Gasteiger partial charge in [0, 0.05) is 29.4 Å². The number of benzene rings is 1. The smallest absolute Gasteiger partial charge is 0.0670 e. The molecule has 1 N–H and O–H groups in total. The molecule has 1 aliphatic rings.